The second kappa shape index (κ2) is 4.99. The molecule has 3 nitrogen and oxygen atoms in total. The summed E-state index contributed by atoms with van der Waals surface area (Å²) >= 11 is 2.89. The fraction of sp³-hybridized carbons (Fsp3) is 0.0909. The van der Waals surface area contributed by atoms with E-state index < -0.39 is 27.8 Å². The molecule has 2 aromatic rings. The van der Waals surface area contributed by atoms with Crippen LogP contribution in [0.1, 0.15) is 5.69 Å². The van der Waals surface area contributed by atoms with Crippen LogP contribution in [-0.2, 0) is 17.3 Å². The zero-order valence-electron chi connectivity index (χ0n) is 9.12. The zero-order chi connectivity index (χ0) is 14.2. The lowest BCUT2D eigenvalue weighted by atomic mass is 10.2. The predicted molar refractivity (Wildman–Crippen MR) is 63.4 cm³/mol. The van der Waals surface area contributed by atoms with Crippen molar-refractivity contribution >= 4 is 22.7 Å². The fourth-order valence-electron chi connectivity index (χ4n) is 1.55. The van der Waals surface area contributed by atoms with Crippen molar-refractivity contribution in [3.8, 4) is 11.3 Å². The standard InChI is InChI=1S/C11H7ClF3NO2S/c12-7-3-1-6(2-4-7)10-8(19(17)18)5-9(16-10)11(13,14)15/h1-5,16H,(H,17,18)/p-1. The van der Waals surface area contributed by atoms with Crippen molar-refractivity contribution in [3.05, 3.63) is 41.0 Å². The number of benzene rings is 1. The summed E-state index contributed by atoms with van der Waals surface area (Å²) in [5, 5.41) is 0.399. The summed E-state index contributed by atoms with van der Waals surface area (Å²) in [7, 11) is 0. The van der Waals surface area contributed by atoms with E-state index in [2.05, 4.69) is 4.98 Å². The summed E-state index contributed by atoms with van der Waals surface area (Å²) in [6, 6.07) is 6.35. The van der Waals surface area contributed by atoms with Gasteiger partial charge in [-0.2, -0.15) is 13.2 Å². The number of halogens is 4. The van der Waals surface area contributed by atoms with Gasteiger partial charge in [-0.3, -0.25) is 4.21 Å². The quantitative estimate of drug-likeness (QED) is 0.862. The van der Waals surface area contributed by atoms with Crippen molar-refractivity contribution in [2.75, 3.05) is 0 Å². The Bertz CT molecular complexity index is 622. The highest BCUT2D eigenvalue weighted by atomic mass is 35.5. The van der Waals surface area contributed by atoms with Gasteiger partial charge < -0.3 is 9.54 Å². The van der Waals surface area contributed by atoms with Crippen molar-refractivity contribution in [2.45, 2.75) is 11.1 Å². The number of rotatable bonds is 2. The van der Waals surface area contributed by atoms with Crippen LogP contribution >= 0.6 is 11.6 Å². The van der Waals surface area contributed by atoms with Gasteiger partial charge in [0.2, 0.25) is 0 Å². The zero-order valence-corrected chi connectivity index (χ0v) is 10.7. The molecule has 0 saturated heterocycles. The molecule has 0 spiro atoms. The summed E-state index contributed by atoms with van der Waals surface area (Å²) in [4.78, 5) is 1.64. The van der Waals surface area contributed by atoms with Crippen LogP contribution in [-0.4, -0.2) is 13.7 Å². The van der Waals surface area contributed by atoms with Crippen LogP contribution < -0.4 is 0 Å². The van der Waals surface area contributed by atoms with Crippen molar-refractivity contribution in [1.82, 2.24) is 4.98 Å². The summed E-state index contributed by atoms with van der Waals surface area (Å²) in [5.74, 6) is 0. The summed E-state index contributed by atoms with van der Waals surface area (Å²) in [6.45, 7) is 0. The van der Waals surface area contributed by atoms with Gasteiger partial charge >= 0.3 is 6.18 Å². The highest BCUT2D eigenvalue weighted by Gasteiger charge is 2.33. The molecule has 0 aliphatic rings. The molecule has 0 fully saturated rings. The van der Waals surface area contributed by atoms with Crippen molar-refractivity contribution in [1.29, 1.82) is 0 Å². The average molecular weight is 309 g/mol. The lowest BCUT2D eigenvalue weighted by molar-refractivity contribution is -0.140. The fourth-order valence-corrected chi connectivity index (χ4v) is 2.23. The number of nitrogens with one attached hydrogen (secondary N) is 1. The first-order valence-corrected chi connectivity index (χ1v) is 6.39. The van der Waals surface area contributed by atoms with Gasteiger partial charge in [0.15, 0.2) is 0 Å². The molecule has 102 valence electrons. The van der Waals surface area contributed by atoms with Gasteiger partial charge in [0.25, 0.3) is 0 Å². The molecule has 0 radical (unpaired) electrons. The normalized spacial score (nSPS) is 13.5. The van der Waals surface area contributed by atoms with Crippen LogP contribution in [0.2, 0.25) is 5.02 Å². The van der Waals surface area contributed by atoms with Crippen molar-refractivity contribution in [2.24, 2.45) is 0 Å². The maximum atomic E-state index is 12.6. The third-order valence-electron chi connectivity index (χ3n) is 2.40. The number of hydrogen-bond acceptors (Lipinski definition) is 2. The molecule has 1 N–H and O–H groups in total. The molecule has 1 heterocycles. The molecule has 8 heteroatoms. The molecule has 0 bridgehead atoms. The maximum Gasteiger partial charge on any atom is 0.431 e. The molecular formula is C11H6ClF3NO2S-. The van der Waals surface area contributed by atoms with Gasteiger partial charge in [-0.05, 0) is 34.8 Å². The molecule has 0 amide bonds. The number of H-pyrrole nitrogens is 1. The second-order valence-electron chi connectivity index (χ2n) is 3.66. The number of aromatic nitrogens is 1. The minimum Gasteiger partial charge on any atom is -0.768 e. The minimum absolute atomic E-state index is 0.114. The first-order valence-electron chi connectivity index (χ1n) is 4.94. The first kappa shape index (κ1) is 14.1. The van der Waals surface area contributed by atoms with Gasteiger partial charge in [0, 0.05) is 5.02 Å². The molecule has 0 saturated carbocycles. The Labute approximate surface area is 113 Å². The number of aromatic amines is 1. The van der Waals surface area contributed by atoms with E-state index in [1.165, 1.54) is 24.3 Å². The van der Waals surface area contributed by atoms with Crippen LogP contribution in [0.4, 0.5) is 13.2 Å². The van der Waals surface area contributed by atoms with Crippen LogP contribution in [0.25, 0.3) is 11.3 Å². The highest BCUT2D eigenvalue weighted by Crippen LogP contribution is 2.34. The lowest BCUT2D eigenvalue weighted by Gasteiger charge is -2.06. The Balaban J connectivity index is 2.58. The molecule has 19 heavy (non-hydrogen) atoms. The Morgan fingerprint density at radius 1 is 1.21 bits per heavy atom. The first-order chi connectivity index (χ1) is 8.79. The van der Waals surface area contributed by atoms with Crippen molar-refractivity contribution in [3.63, 3.8) is 0 Å². The number of alkyl halides is 3. The lowest BCUT2D eigenvalue weighted by Crippen LogP contribution is -2.04. The molecule has 1 atom stereocenters. The van der Waals surface area contributed by atoms with E-state index in [1.54, 1.807) is 0 Å². The Kier molecular flexibility index (Phi) is 3.71. The monoisotopic (exact) mass is 308 g/mol. The minimum atomic E-state index is -4.64. The van der Waals surface area contributed by atoms with Crippen LogP contribution in [0.15, 0.2) is 35.2 Å². The molecule has 1 aromatic carbocycles. The van der Waals surface area contributed by atoms with Gasteiger partial charge in [-0.15, -0.1) is 0 Å². The Morgan fingerprint density at radius 2 is 1.79 bits per heavy atom. The third kappa shape index (κ3) is 2.99. The van der Waals surface area contributed by atoms with E-state index in [9.17, 15) is 21.9 Å². The van der Waals surface area contributed by atoms with Crippen molar-refractivity contribution < 1.29 is 21.9 Å². The molecule has 1 unspecified atom stereocenters. The number of hydrogen-bond donors (Lipinski definition) is 1. The summed E-state index contributed by atoms with van der Waals surface area (Å²) in [5.41, 5.74) is -0.923. The average Bonchev–Trinajstić information content (AvgIpc) is 2.74. The molecule has 0 aliphatic carbocycles. The molecule has 2 rings (SSSR count). The molecular weight excluding hydrogens is 303 g/mol. The van der Waals surface area contributed by atoms with Gasteiger partial charge in [-0.25, -0.2) is 0 Å². The van der Waals surface area contributed by atoms with E-state index in [-0.39, 0.29) is 5.69 Å². The van der Waals surface area contributed by atoms with Gasteiger partial charge in [0.05, 0.1) is 10.6 Å². The van der Waals surface area contributed by atoms with Crippen LogP contribution in [0.3, 0.4) is 0 Å². The van der Waals surface area contributed by atoms with E-state index in [0.717, 1.165) is 0 Å². The second-order valence-corrected chi connectivity index (χ2v) is 5.01. The summed E-state index contributed by atoms with van der Waals surface area (Å²) in [6.07, 6.45) is -4.64. The maximum absolute atomic E-state index is 12.6. The smallest absolute Gasteiger partial charge is 0.431 e. The SMILES string of the molecule is O=S([O-])c1cc(C(F)(F)F)[nH]c1-c1ccc(Cl)cc1. The van der Waals surface area contributed by atoms with E-state index in [0.29, 0.717) is 16.7 Å². The van der Waals surface area contributed by atoms with Crippen LogP contribution in [0.5, 0.6) is 0 Å². The predicted octanol–water partition coefficient (Wildman–Crippen LogP) is 3.59. The van der Waals surface area contributed by atoms with E-state index >= 15 is 0 Å². The molecule has 0 aliphatic heterocycles. The van der Waals surface area contributed by atoms with Gasteiger partial charge in [0.1, 0.15) is 5.69 Å². The Morgan fingerprint density at radius 3 is 2.26 bits per heavy atom. The van der Waals surface area contributed by atoms with Crippen LogP contribution in [0, 0.1) is 0 Å². The third-order valence-corrected chi connectivity index (χ3v) is 3.33. The van der Waals surface area contributed by atoms with E-state index in [1.807, 2.05) is 0 Å². The molecule has 1 aromatic heterocycles. The highest BCUT2D eigenvalue weighted by molar-refractivity contribution is 7.79. The Hall–Kier alpha value is -1.31. The van der Waals surface area contributed by atoms with E-state index in [4.69, 9.17) is 11.6 Å². The summed E-state index contributed by atoms with van der Waals surface area (Å²) < 4.78 is 59.7. The van der Waals surface area contributed by atoms with Gasteiger partial charge in [-0.1, -0.05) is 23.7 Å². The largest absolute Gasteiger partial charge is 0.768 e. The topological polar surface area (TPSA) is 55.9 Å².